The Morgan fingerprint density at radius 2 is 1.19 bits per heavy atom. The van der Waals surface area contributed by atoms with E-state index in [4.69, 9.17) is 4.74 Å². The molecule has 169 valence electrons. The Morgan fingerprint density at radius 1 is 0.750 bits per heavy atom. The van der Waals surface area contributed by atoms with E-state index >= 15 is 0 Å². The van der Waals surface area contributed by atoms with Crippen LogP contribution in [-0.2, 0) is 17.9 Å². The van der Waals surface area contributed by atoms with Crippen LogP contribution in [-0.4, -0.2) is 24.6 Å². The summed E-state index contributed by atoms with van der Waals surface area (Å²) in [5, 5.41) is 0. The molecule has 0 spiro atoms. The average Bonchev–Trinajstić information content (AvgIpc) is 3.08. The number of anilines is 2. The van der Waals surface area contributed by atoms with Crippen LogP contribution in [0.15, 0.2) is 48.5 Å². The number of methoxy groups -OCH3 is 1. The molecule has 3 aromatic rings. The molecule has 32 heavy (non-hydrogen) atoms. The van der Waals surface area contributed by atoms with Gasteiger partial charge in [-0.2, -0.15) is 18.2 Å². The van der Waals surface area contributed by atoms with Crippen LogP contribution in [0.4, 0.5) is 11.4 Å². The summed E-state index contributed by atoms with van der Waals surface area (Å²) in [7, 11) is 1.63. The Labute approximate surface area is 203 Å². The van der Waals surface area contributed by atoms with Crippen molar-refractivity contribution >= 4 is 15.7 Å². The molecule has 4 rings (SSSR count). The number of hydrogen-bond donors (Lipinski definition) is 0. The van der Waals surface area contributed by atoms with Gasteiger partial charge in [0.25, 0.3) is 0 Å². The van der Waals surface area contributed by atoms with Gasteiger partial charge in [-0.3, -0.25) is 0 Å². The van der Waals surface area contributed by atoms with Gasteiger partial charge in [0.15, 0.2) is 0 Å². The Bertz CT molecular complexity index is 994. The third-order valence-electron chi connectivity index (χ3n) is 5.69. The summed E-state index contributed by atoms with van der Waals surface area (Å²) in [5.41, 5.74) is 10.8. The molecule has 1 fully saturated rings. The van der Waals surface area contributed by atoms with Gasteiger partial charge in [0.05, 0.1) is 7.11 Å². The van der Waals surface area contributed by atoms with Gasteiger partial charge < -0.3 is 4.74 Å². The standard InChI is InChI=1S/C21H26N2.C7H7O.Ru/c1-14-9-16(3)20(17(4)10-14)22-7-8-23(13-22)21-18(5)11-15(2)12-19(21)6;1-8-7-5-3-2-4-6-7;/h9-12H,7-8H2,1-6H3;2-5H,1H3;/q;-1;+1. The number of para-hydroxylation sites is 1. The zero-order valence-electron chi connectivity index (χ0n) is 20.2. The second-order valence-corrected chi connectivity index (χ2v) is 9.26. The minimum absolute atomic E-state index is 0.785. The predicted molar refractivity (Wildman–Crippen MR) is 133 cm³/mol. The van der Waals surface area contributed by atoms with E-state index in [0.29, 0.717) is 0 Å². The predicted octanol–water partition coefficient (Wildman–Crippen LogP) is 5.99. The monoisotopic (exact) mass is 515 g/mol. The van der Waals surface area contributed by atoms with Gasteiger partial charge in [-0.1, -0.05) is 0 Å². The van der Waals surface area contributed by atoms with Crippen molar-refractivity contribution in [3.05, 3.63) is 88.0 Å². The minimum atomic E-state index is 0.785. The third kappa shape index (κ3) is 5.30. The second kappa shape index (κ2) is 10.4. The molecular weight excluding hydrogens is 481 g/mol. The van der Waals surface area contributed by atoms with E-state index in [1.54, 1.807) is 7.11 Å². The van der Waals surface area contributed by atoms with Crippen molar-refractivity contribution < 1.29 is 22.6 Å². The van der Waals surface area contributed by atoms with Crippen molar-refractivity contribution in [2.45, 2.75) is 41.5 Å². The molecule has 0 radical (unpaired) electrons. The summed E-state index contributed by atoms with van der Waals surface area (Å²) in [6, 6.07) is 19.5. The normalized spacial score (nSPS) is 13.2. The first kappa shape index (κ1) is 24.2. The first-order valence-electron chi connectivity index (χ1n) is 11.0. The summed E-state index contributed by atoms with van der Waals surface area (Å²) in [6.07, 6.45) is 0. The van der Waals surface area contributed by atoms with E-state index in [0.717, 1.165) is 18.8 Å². The van der Waals surface area contributed by atoms with E-state index in [1.807, 2.05) is 24.3 Å². The summed E-state index contributed by atoms with van der Waals surface area (Å²) in [5.74, 6) is 0.785. The van der Waals surface area contributed by atoms with Crippen LogP contribution in [0.25, 0.3) is 0 Å². The van der Waals surface area contributed by atoms with Gasteiger partial charge in [0.2, 0.25) is 0 Å². The Kier molecular flexibility index (Phi) is 7.90. The molecule has 0 N–H and O–H groups in total. The molecule has 0 bridgehead atoms. The van der Waals surface area contributed by atoms with Gasteiger partial charge in [-0.15, -0.1) is 12.1 Å². The van der Waals surface area contributed by atoms with Crippen molar-refractivity contribution in [3.63, 3.8) is 0 Å². The molecule has 0 atom stereocenters. The maximum atomic E-state index is 4.86. The fraction of sp³-hybridized carbons (Fsp3) is 0.321. The van der Waals surface area contributed by atoms with Crippen molar-refractivity contribution in [3.8, 4) is 5.75 Å². The molecule has 3 nitrogen and oxygen atoms in total. The van der Waals surface area contributed by atoms with E-state index in [9.17, 15) is 0 Å². The number of ether oxygens (including phenoxy) is 1. The summed E-state index contributed by atoms with van der Waals surface area (Å²) in [4.78, 5) is 4.92. The molecule has 1 aliphatic rings. The molecular formula is C28H33N2ORu. The Morgan fingerprint density at radius 3 is 1.50 bits per heavy atom. The topological polar surface area (TPSA) is 15.7 Å². The van der Waals surface area contributed by atoms with Crippen molar-refractivity contribution in [2.24, 2.45) is 0 Å². The van der Waals surface area contributed by atoms with Crippen LogP contribution in [0.5, 0.6) is 5.75 Å². The molecule has 0 unspecified atom stereocenters. The number of benzene rings is 3. The van der Waals surface area contributed by atoms with Crippen LogP contribution in [0.3, 0.4) is 0 Å². The molecule has 0 amide bonds. The van der Waals surface area contributed by atoms with Gasteiger partial charge in [0.1, 0.15) is 0 Å². The number of hydrogen-bond acceptors (Lipinski definition) is 3. The van der Waals surface area contributed by atoms with E-state index in [2.05, 4.69) is 99.5 Å². The maximum absolute atomic E-state index is 4.86. The fourth-order valence-electron chi connectivity index (χ4n) is 4.63. The molecule has 1 saturated heterocycles. The van der Waals surface area contributed by atoms with Crippen molar-refractivity contribution in [1.29, 1.82) is 0 Å². The Hall–Kier alpha value is -2.45. The van der Waals surface area contributed by atoms with Crippen LogP contribution in [0.1, 0.15) is 33.4 Å². The third-order valence-corrected chi connectivity index (χ3v) is 6.63. The summed E-state index contributed by atoms with van der Waals surface area (Å²) in [6.45, 7) is 15.3. The molecule has 0 aliphatic carbocycles. The molecule has 0 aromatic heterocycles. The van der Waals surface area contributed by atoms with Crippen LogP contribution in [0.2, 0.25) is 0 Å². The first-order valence-corrected chi connectivity index (χ1v) is 11.8. The van der Waals surface area contributed by atoms with Gasteiger partial charge >= 0.3 is 156 Å². The van der Waals surface area contributed by atoms with Crippen LogP contribution >= 0.6 is 0 Å². The molecule has 0 saturated carbocycles. The number of rotatable bonds is 3. The molecule has 1 heterocycles. The number of nitrogens with zero attached hydrogens (tertiary/aromatic N) is 2. The van der Waals surface area contributed by atoms with E-state index < -0.39 is 0 Å². The van der Waals surface area contributed by atoms with Gasteiger partial charge in [-0.05, 0) is 0 Å². The zero-order valence-corrected chi connectivity index (χ0v) is 21.9. The van der Waals surface area contributed by atoms with E-state index in [1.165, 1.54) is 49.1 Å². The summed E-state index contributed by atoms with van der Waals surface area (Å²) < 4.78 is 6.12. The first-order chi connectivity index (χ1) is 15.2. The van der Waals surface area contributed by atoms with Crippen LogP contribution in [0, 0.1) is 47.6 Å². The average molecular weight is 515 g/mol. The summed E-state index contributed by atoms with van der Waals surface area (Å²) >= 11 is 2.86. The van der Waals surface area contributed by atoms with Crippen LogP contribution < -0.4 is 14.5 Å². The second-order valence-electron chi connectivity index (χ2n) is 8.49. The molecule has 1 aliphatic heterocycles. The van der Waals surface area contributed by atoms with E-state index in [-0.39, 0.29) is 0 Å². The van der Waals surface area contributed by atoms with Gasteiger partial charge in [0, 0.05) is 5.75 Å². The molecule has 3 aromatic carbocycles. The quantitative estimate of drug-likeness (QED) is 0.315. The SMILES string of the molecule is COc1[c-]cccc1.Cc1cc(C)c(N2CCN(c3c(C)cc(C)cc3C)[C]2=[Ru+])c(C)c1. The Balaban J connectivity index is 0.000000305. The van der Waals surface area contributed by atoms with Gasteiger partial charge in [-0.25, -0.2) is 0 Å². The van der Waals surface area contributed by atoms with Crippen molar-refractivity contribution in [2.75, 3.05) is 30.0 Å². The number of aryl methyl sites for hydroxylation is 6. The zero-order chi connectivity index (χ0) is 23.4. The fourth-order valence-corrected chi connectivity index (χ4v) is 5.40. The molecule has 4 heteroatoms. The van der Waals surface area contributed by atoms with Crippen molar-refractivity contribution in [1.82, 2.24) is 0 Å².